The van der Waals surface area contributed by atoms with Crippen LogP contribution in [0.3, 0.4) is 0 Å². The molecular weight excluding hydrogens is 252 g/mol. The van der Waals surface area contributed by atoms with Gasteiger partial charge in [0.2, 0.25) is 5.96 Å². The number of nitrogens with zero attached hydrogens (tertiary/aromatic N) is 1. The van der Waals surface area contributed by atoms with Crippen LogP contribution in [-0.2, 0) is 11.2 Å². The standard InChI is InChI=1S/C15H26N4O/c1-12(9-10-14-7-5-4-6-8-14)17-15(19-16)18-13(2)11-20-3/h4-8,12-13H,9-11,16H2,1-3H3,(H2,17,18,19). The van der Waals surface area contributed by atoms with Gasteiger partial charge < -0.3 is 10.1 Å². The highest BCUT2D eigenvalue weighted by molar-refractivity contribution is 5.79. The summed E-state index contributed by atoms with van der Waals surface area (Å²) in [6.45, 7) is 4.72. The maximum absolute atomic E-state index is 5.49. The lowest BCUT2D eigenvalue weighted by molar-refractivity contribution is 0.179. The Bertz CT molecular complexity index is 394. The summed E-state index contributed by atoms with van der Waals surface area (Å²) in [6.07, 6.45) is 1.99. The van der Waals surface area contributed by atoms with Gasteiger partial charge in [-0.3, -0.25) is 5.43 Å². The molecule has 2 unspecified atom stereocenters. The molecule has 0 saturated heterocycles. The summed E-state index contributed by atoms with van der Waals surface area (Å²) in [5, 5.41) is 3.19. The number of hydrazine groups is 1. The lowest BCUT2D eigenvalue weighted by atomic mass is 10.1. The summed E-state index contributed by atoms with van der Waals surface area (Å²) in [4.78, 5) is 4.55. The fourth-order valence-electron chi connectivity index (χ4n) is 1.95. The molecule has 0 bridgehead atoms. The first-order valence-electron chi connectivity index (χ1n) is 6.99. The molecule has 0 amide bonds. The molecule has 0 aromatic heterocycles. The highest BCUT2D eigenvalue weighted by atomic mass is 16.5. The molecular formula is C15H26N4O. The normalized spacial score (nSPS) is 14.7. The lowest BCUT2D eigenvalue weighted by Crippen LogP contribution is -2.47. The Morgan fingerprint density at radius 1 is 1.30 bits per heavy atom. The Labute approximate surface area is 121 Å². The van der Waals surface area contributed by atoms with Crippen LogP contribution in [0, 0.1) is 0 Å². The van der Waals surface area contributed by atoms with Crippen molar-refractivity contribution < 1.29 is 4.74 Å². The van der Waals surface area contributed by atoms with Crippen LogP contribution in [0.2, 0.25) is 0 Å². The summed E-state index contributed by atoms with van der Waals surface area (Å²) in [7, 11) is 1.67. The third-order valence-corrected chi connectivity index (χ3v) is 2.98. The predicted molar refractivity (Wildman–Crippen MR) is 83.5 cm³/mol. The molecule has 1 aromatic carbocycles. The van der Waals surface area contributed by atoms with Crippen molar-refractivity contribution in [2.24, 2.45) is 10.8 Å². The van der Waals surface area contributed by atoms with Crippen molar-refractivity contribution in [2.75, 3.05) is 13.7 Å². The van der Waals surface area contributed by atoms with Crippen LogP contribution in [0.1, 0.15) is 25.8 Å². The van der Waals surface area contributed by atoms with Crippen molar-refractivity contribution in [3.05, 3.63) is 35.9 Å². The quantitative estimate of drug-likeness (QED) is 0.305. The number of nitrogens with two attached hydrogens (primary N) is 1. The molecule has 5 nitrogen and oxygen atoms in total. The van der Waals surface area contributed by atoms with E-state index in [2.05, 4.69) is 46.9 Å². The van der Waals surface area contributed by atoms with E-state index in [1.165, 1.54) is 5.56 Å². The van der Waals surface area contributed by atoms with E-state index in [1.54, 1.807) is 7.11 Å². The summed E-state index contributed by atoms with van der Waals surface area (Å²) >= 11 is 0. The van der Waals surface area contributed by atoms with E-state index >= 15 is 0 Å². The second-order valence-electron chi connectivity index (χ2n) is 5.00. The molecule has 0 radical (unpaired) electrons. The van der Waals surface area contributed by atoms with Crippen molar-refractivity contribution in [1.82, 2.24) is 10.7 Å². The fourth-order valence-corrected chi connectivity index (χ4v) is 1.95. The molecule has 0 heterocycles. The number of nitrogens with one attached hydrogen (secondary N) is 2. The van der Waals surface area contributed by atoms with Gasteiger partial charge in [0, 0.05) is 13.2 Å². The number of hydrogen-bond acceptors (Lipinski definition) is 3. The minimum absolute atomic E-state index is 0.163. The number of hydrogen-bond donors (Lipinski definition) is 3. The molecule has 0 saturated carbocycles. The highest BCUT2D eigenvalue weighted by Gasteiger charge is 2.06. The smallest absolute Gasteiger partial charge is 0.206 e. The van der Waals surface area contributed by atoms with Crippen LogP contribution in [0.4, 0.5) is 0 Å². The molecule has 0 aliphatic carbocycles. The molecule has 0 spiro atoms. The number of guanidine groups is 1. The van der Waals surface area contributed by atoms with Gasteiger partial charge in [-0.05, 0) is 32.3 Å². The zero-order valence-corrected chi connectivity index (χ0v) is 12.6. The number of aryl methyl sites for hydroxylation is 1. The molecule has 0 fully saturated rings. The Hall–Kier alpha value is -1.59. The first-order chi connectivity index (χ1) is 9.65. The Morgan fingerprint density at radius 2 is 2.00 bits per heavy atom. The van der Waals surface area contributed by atoms with Gasteiger partial charge in [0.05, 0.1) is 12.6 Å². The zero-order chi connectivity index (χ0) is 14.8. The number of benzene rings is 1. The Balaban J connectivity index is 2.44. The van der Waals surface area contributed by atoms with E-state index in [0.717, 1.165) is 12.8 Å². The molecule has 1 rings (SSSR count). The van der Waals surface area contributed by atoms with E-state index in [1.807, 2.05) is 13.0 Å². The van der Waals surface area contributed by atoms with E-state index in [9.17, 15) is 0 Å². The summed E-state index contributed by atoms with van der Waals surface area (Å²) < 4.78 is 5.07. The second-order valence-corrected chi connectivity index (χ2v) is 5.00. The average Bonchev–Trinajstić information content (AvgIpc) is 2.45. The summed E-state index contributed by atoms with van der Waals surface area (Å²) in [5.41, 5.74) is 3.93. The fraction of sp³-hybridized carbons (Fsp3) is 0.533. The van der Waals surface area contributed by atoms with E-state index in [4.69, 9.17) is 10.6 Å². The van der Waals surface area contributed by atoms with Crippen LogP contribution in [0.15, 0.2) is 35.3 Å². The largest absolute Gasteiger partial charge is 0.383 e. The van der Waals surface area contributed by atoms with Crippen molar-refractivity contribution in [2.45, 2.75) is 38.8 Å². The zero-order valence-electron chi connectivity index (χ0n) is 12.6. The molecule has 4 N–H and O–H groups in total. The number of methoxy groups -OCH3 is 1. The molecule has 1 aromatic rings. The van der Waals surface area contributed by atoms with Gasteiger partial charge in [-0.1, -0.05) is 30.3 Å². The molecule has 112 valence electrons. The first kappa shape index (κ1) is 16.5. The number of aliphatic imine (C=N–C) groups is 1. The number of rotatable bonds is 7. The van der Waals surface area contributed by atoms with E-state index < -0.39 is 0 Å². The predicted octanol–water partition coefficient (Wildman–Crippen LogP) is 1.45. The van der Waals surface area contributed by atoms with Gasteiger partial charge in [0.1, 0.15) is 0 Å². The molecule has 0 aliphatic heterocycles. The van der Waals surface area contributed by atoms with Crippen LogP contribution >= 0.6 is 0 Å². The molecule has 0 aliphatic rings. The van der Waals surface area contributed by atoms with Gasteiger partial charge in [-0.2, -0.15) is 0 Å². The van der Waals surface area contributed by atoms with E-state index in [-0.39, 0.29) is 12.1 Å². The van der Waals surface area contributed by atoms with Gasteiger partial charge in [0.25, 0.3) is 0 Å². The van der Waals surface area contributed by atoms with Crippen molar-refractivity contribution in [1.29, 1.82) is 0 Å². The van der Waals surface area contributed by atoms with Crippen LogP contribution in [-0.4, -0.2) is 31.8 Å². The van der Waals surface area contributed by atoms with Crippen LogP contribution < -0.4 is 16.6 Å². The molecule has 5 heteroatoms. The van der Waals surface area contributed by atoms with Gasteiger partial charge in [-0.25, -0.2) is 10.8 Å². The second kappa shape index (κ2) is 9.34. The minimum atomic E-state index is 0.163. The lowest BCUT2D eigenvalue weighted by Gasteiger charge is -2.17. The third-order valence-electron chi connectivity index (χ3n) is 2.98. The minimum Gasteiger partial charge on any atom is -0.383 e. The Morgan fingerprint density at radius 3 is 2.60 bits per heavy atom. The Kier molecular flexibility index (Phi) is 7.69. The molecule has 2 atom stereocenters. The van der Waals surface area contributed by atoms with Gasteiger partial charge >= 0.3 is 0 Å². The topological polar surface area (TPSA) is 71.7 Å². The third kappa shape index (κ3) is 6.54. The van der Waals surface area contributed by atoms with Gasteiger partial charge in [-0.15, -0.1) is 0 Å². The van der Waals surface area contributed by atoms with Crippen molar-refractivity contribution in [3.63, 3.8) is 0 Å². The maximum atomic E-state index is 5.49. The monoisotopic (exact) mass is 278 g/mol. The van der Waals surface area contributed by atoms with Crippen molar-refractivity contribution >= 4 is 5.96 Å². The molecule has 20 heavy (non-hydrogen) atoms. The maximum Gasteiger partial charge on any atom is 0.206 e. The van der Waals surface area contributed by atoms with Gasteiger partial charge in [0.15, 0.2) is 0 Å². The summed E-state index contributed by atoms with van der Waals surface area (Å²) in [5.74, 6) is 6.10. The van der Waals surface area contributed by atoms with E-state index in [0.29, 0.717) is 12.6 Å². The average molecular weight is 278 g/mol. The summed E-state index contributed by atoms with van der Waals surface area (Å²) in [6, 6.07) is 10.8. The van der Waals surface area contributed by atoms with Crippen LogP contribution in [0.25, 0.3) is 0 Å². The highest BCUT2D eigenvalue weighted by Crippen LogP contribution is 2.06. The number of ether oxygens (including phenoxy) is 1. The first-order valence-corrected chi connectivity index (χ1v) is 6.99. The van der Waals surface area contributed by atoms with Crippen LogP contribution in [0.5, 0.6) is 0 Å². The van der Waals surface area contributed by atoms with Crippen molar-refractivity contribution in [3.8, 4) is 0 Å². The SMILES string of the molecule is COCC(C)NC(=NC(C)CCc1ccccc1)NN.